The minimum atomic E-state index is -1.02. The first-order valence-corrected chi connectivity index (χ1v) is 15.0. The van der Waals surface area contributed by atoms with Crippen LogP contribution in [0.1, 0.15) is 91.3 Å². The third-order valence-electron chi connectivity index (χ3n) is 7.20. The van der Waals surface area contributed by atoms with Gasteiger partial charge in [-0.15, -0.1) is 0 Å². The molecular formula is C32H45N5O6. The second-order valence-electron chi connectivity index (χ2n) is 13.2. The first-order valence-electron chi connectivity index (χ1n) is 15.0. The van der Waals surface area contributed by atoms with Crippen molar-refractivity contribution in [3.05, 3.63) is 41.7 Å². The molecule has 1 saturated carbocycles. The molecule has 3 rings (SSSR count). The van der Waals surface area contributed by atoms with Crippen molar-refractivity contribution in [2.75, 3.05) is 13.1 Å². The molecule has 11 heteroatoms. The molecule has 0 spiro atoms. The number of ether oxygens (including phenoxy) is 2. The van der Waals surface area contributed by atoms with Crippen LogP contribution in [0.2, 0.25) is 0 Å². The Morgan fingerprint density at radius 3 is 2.33 bits per heavy atom. The van der Waals surface area contributed by atoms with Gasteiger partial charge in [-0.2, -0.15) is 5.26 Å². The lowest BCUT2D eigenvalue weighted by atomic mass is 9.84. The van der Waals surface area contributed by atoms with E-state index in [2.05, 4.69) is 10.3 Å². The summed E-state index contributed by atoms with van der Waals surface area (Å²) in [4.78, 5) is 60.9. The predicted molar refractivity (Wildman–Crippen MR) is 159 cm³/mol. The van der Waals surface area contributed by atoms with Gasteiger partial charge in [0, 0.05) is 19.3 Å². The van der Waals surface area contributed by atoms with Gasteiger partial charge in [-0.1, -0.05) is 50.3 Å². The summed E-state index contributed by atoms with van der Waals surface area (Å²) in [5, 5.41) is 11.8. The lowest BCUT2D eigenvalue weighted by molar-refractivity contribution is -0.158. The quantitative estimate of drug-likeness (QED) is 0.330. The van der Waals surface area contributed by atoms with Crippen molar-refractivity contribution in [1.29, 1.82) is 5.26 Å². The summed E-state index contributed by atoms with van der Waals surface area (Å²) in [5.74, 6) is -1.29. The number of nitrogens with one attached hydrogen (secondary N) is 1. The van der Waals surface area contributed by atoms with Crippen molar-refractivity contribution < 1.29 is 28.7 Å². The highest BCUT2D eigenvalue weighted by molar-refractivity contribution is 5.94. The van der Waals surface area contributed by atoms with E-state index in [1.54, 1.807) is 65.8 Å². The van der Waals surface area contributed by atoms with Gasteiger partial charge in [0.15, 0.2) is 0 Å². The Hall–Kier alpha value is -3.94. The van der Waals surface area contributed by atoms with Gasteiger partial charge in [-0.05, 0) is 65.5 Å². The van der Waals surface area contributed by atoms with Crippen molar-refractivity contribution in [1.82, 2.24) is 20.1 Å². The molecule has 0 radical (unpaired) electrons. The van der Waals surface area contributed by atoms with E-state index >= 15 is 0 Å². The number of rotatable bonds is 9. The molecular weight excluding hydrogens is 550 g/mol. The Kier molecular flexibility index (Phi) is 11.3. The predicted octanol–water partition coefficient (Wildman–Crippen LogP) is 4.25. The van der Waals surface area contributed by atoms with Crippen LogP contribution in [0.3, 0.4) is 0 Å². The SMILES string of the molecule is CC(C)(C)OC(=O)CN(C(=O)OC(C)(C)C)[C@H](CC1CCCCC1)C(=O)N1CC=CC1C(=O)NCc1ccc(C#N)nc1. The molecule has 1 aliphatic carbocycles. The zero-order valence-corrected chi connectivity index (χ0v) is 26.2. The van der Waals surface area contributed by atoms with E-state index in [-0.39, 0.29) is 30.6 Å². The van der Waals surface area contributed by atoms with E-state index in [4.69, 9.17) is 14.7 Å². The zero-order chi connectivity index (χ0) is 31.8. The lowest BCUT2D eigenvalue weighted by Gasteiger charge is -2.38. The molecule has 2 aliphatic rings. The number of nitrogens with zero attached hydrogens (tertiary/aromatic N) is 4. The summed E-state index contributed by atoms with van der Waals surface area (Å²) in [7, 11) is 0. The molecule has 0 bridgehead atoms. The first kappa shape index (κ1) is 33.6. The Balaban J connectivity index is 1.86. The van der Waals surface area contributed by atoms with E-state index in [0.29, 0.717) is 12.0 Å². The van der Waals surface area contributed by atoms with Gasteiger partial charge in [-0.3, -0.25) is 19.3 Å². The van der Waals surface area contributed by atoms with Gasteiger partial charge < -0.3 is 19.7 Å². The van der Waals surface area contributed by atoms with Gasteiger partial charge in [-0.25, -0.2) is 9.78 Å². The Bertz CT molecular complexity index is 1220. The minimum absolute atomic E-state index is 0.165. The second-order valence-corrected chi connectivity index (χ2v) is 13.2. The topological polar surface area (TPSA) is 142 Å². The third kappa shape index (κ3) is 10.4. The number of carbonyl (C=O) groups excluding carboxylic acids is 4. The molecule has 43 heavy (non-hydrogen) atoms. The average molecular weight is 596 g/mol. The smallest absolute Gasteiger partial charge is 0.411 e. The van der Waals surface area contributed by atoms with E-state index in [1.807, 2.05) is 6.07 Å². The van der Waals surface area contributed by atoms with Crippen molar-refractivity contribution >= 4 is 23.9 Å². The summed E-state index contributed by atoms with van der Waals surface area (Å²) >= 11 is 0. The molecule has 0 saturated heterocycles. The lowest BCUT2D eigenvalue weighted by Crippen LogP contribution is -2.57. The van der Waals surface area contributed by atoms with Crippen LogP contribution in [-0.4, -0.2) is 75.0 Å². The molecule has 1 unspecified atom stereocenters. The number of nitriles is 1. The molecule has 234 valence electrons. The van der Waals surface area contributed by atoms with E-state index < -0.39 is 47.8 Å². The maximum Gasteiger partial charge on any atom is 0.411 e. The molecule has 1 aromatic heterocycles. The number of aromatic nitrogens is 1. The first-order chi connectivity index (χ1) is 20.2. The van der Waals surface area contributed by atoms with Gasteiger partial charge in [0.2, 0.25) is 11.8 Å². The summed E-state index contributed by atoms with van der Waals surface area (Å²) < 4.78 is 11.2. The van der Waals surface area contributed by atoms with Gasteiger partial charge >= 0.3 is 12.1 Å². The second kappa shape index (κ2) is 14.5. The minimum Gasteiger partial charge on any atom is -0.459 e. The molecule has 3 amide bonds. The number of pyridine rings is 1. The highest BCUT2D eigenvalue weighted by Crippen LogP contribution is 2.31. The van der Waals surface area contributed by atoms with Crippen molar-refractivity contribution in [3.63, 3.8) is 0 Å². The van der Waals surface area contributed by atoms with E-state index in [9.17, 15) is 19.2 Å². The average Bonchev–Trinajstić information content (AvgIpc) is 3.42. The van der Waals surface area contributed by atoms with Crippen LogP contribution in [0.4, 0.5) is 4.79 Å². The Morgan fingerprint density at radius 1 is 1.07 bits per heavy atom. The highest BCUT2D eigenvalue weighted by atomic mass is 16.6. The summed E-state index contributed by atoms with van der Waals surface area (Å²) in [6.07, 6.45) is 9.50. The third-order valence-corrected chi connectivity index (χ3v) is 7.20. The number of hydrogen-bond acceptors (Lipinski definition) is 8. The standard InChI is InChI=1S/C32H45N5O6/c1-31(2,3)42-27(38)21-37(30(41)43-32(4,5)6)26(17-22-11-8-7-9-12-22)29(40)36-16-10-13-25(36)28(39)35-20-23-14-15-24(18-33)34-19-23/h10,13-15,19,22,25-26H,7-9,11-12,16-17,20-21H2,1-6H3,(H,35,39)/t25?,26-/m1/s1. The van der Waals surface area contributed by atoms with Crippen LogP contribution in [0, 0.1) is 17.2 Å². The maximum atomic E-state index is 14.3. The van der Waals surface area contributed by atoms with Crippen molar-refractivity contribution in [3.8, 4) is 6.07 Å². The van der Waals surface area contributed by atoms with E-state index in [1.165, 1.54) is 16.0 Å². The van der Waals surface area contributed by atoms with Gasteiger partial charge in [0.1, 0.15) is 41.6 Å². The fourth-order valence-corrected chi connectivity index (χ4v) is 5.29. The van der Waals surface area contributed by atoms with Gasteiger partial charge in [0.05, 0.1) is 0 Å². The summed E-state index contributed by atoms with van der Waals surface area (Å²) in [6.45, 7) is 10.3. The summed E-state index contributed by atoms with van der Waals surface area (Å²) in [6, 6.07) is 3.31. The number of carbonyl (C=O) groups is 4. The van der Waals surface area contributed by atoms with Crippen LogP contribution < -0.4 is 5.32 Å². The molecule has 1 aliphatic heterocycles. The van der Waals surface area contributed by atoms with Crippen LogP contribution in [0.15, 0.2) is 30.5 Å². The largest absolute Gasteiger partial charge is 0.459 e. The van der Waals surface area contributed by atoms with Crippen LogP contribution in [0.5, 0.6) is 0 Å². The number of amides is 3. The molecule has 1 N–H and O–H groups in total. The van der Waals surface area contributed by atoms with Crippen molar-refractivity contribution in [2.24, 2.45) is 5.92 Å². The zero-order valence-electron chi connectivity index (χ0n) is 26.2. The Labute approximate surface area is 254 Å². The van der Waals surface area contributed by atoms with Crippen LogP contribution in [0.25, 0.3) is 0 Å². The molecule has 1 fully saturated rings. The van der Waals surface area contributed by atoms with Gasteiger partial charge in [0.25, 0.3) is 0 Å². The fourth-order valence-electron chi connectivity index (χ4n) is 5.29. The normalized spacial score (nSPS) is 18.0. The van der Waals surface area contributed by atoms with Crippen molar-refractivity contribution in [2.45, 2.75) is 110 Å². The fraction of sp³-hybridized carbons (Fsp3) is 0.625. The maximum absolute atomic E-state index is 14.3. The molecule has 2 heterocycles. The monoisotopic (exact) mass is 595 g/mol. The number of hydrogen-bond donors (Lipinski definition) is 1. The highest BCUT2D eigenvalue weighted by Gasteiger charge is 2.42. The molecule has 1 aromatic rings. The molecule has 2 atom stereocenters. The van der Waals surface area contributed by atoms with Crippen LogP contribution in [-0.2, 0) is 30.4 Å². The van der Waals surface area contributed by atoms with E-state index in [0.717, 1.165) is 32.1 Å². The molecule has 0 aromatic carbocycles. The Morgan fingerprint density at radius 2 is 1.74 bits per heavy atom. The van der Waals surface area contributed by atoms with Crippen LogP contribution >= 0.6 is 0 Å². The summed E-state index contributed by atoms with van der Waals surface area (Å²) in [5.41, 5.74) is -0.669. The number of esters is 1. The molecule has 11 nitrogen and oxygen atoms in total.